The number of hydrogen-bond donors (Lipinski definition) is 1. The Kier molecular flexibility index (Phi) is 6.30. The first-order valence-electron chi connectivity index (χ1n) is 10.4. The van der Waals surface area contributed by atoms with E-state index in [0.717, 1.165) is 10.3 Å². The van der Waals surface area contributed by atoms with E-state index in [9.17, 15) is 29.3 Å². The fourth-order valence-corrected chi connectivity index (χ4v) is 3.75. The van der Waals surface area contributed by atoms with E-state index in [0.29, 0.717) is 22.2 Å². The van der Waals surface area contributed by atoms with Crippen molar-refractivity contribution in [2.75, 3.05) is 18.5 Å². The molecule has 1 aliphatic heterocycles. The van der Waals surface area contributed by atoms with Crippen molar-refractivity contribution in [2.24, 2.45) is 0 Å². The van der Waals surface area contributed by atoms with Crippen LogP contribution in [0.5, 0.6) is 0 Å². The van der Waals surface area contributed by atoms with E-state index in [1.165, 1.54) is 24.3 Å². The molecular formula is C24H19N3O7. The second-order valence-electron chi connectivity index (χ2n) is 7.59. The number of nitro benzene ring substituents is 1. The minimum Gasteiger partial charge on any atom is -0.456 e. The van der Waals surface area contributed by atoms with Gasteiger partial charge in [-0.3, -0.25) is 34.2 Å². The second-order valence-corrected chi connectivity index (χ2v) is 7.59. The number of rotatable bonds is 8. The zero-order valence-corrected chi connectivity index (χ0v) is 17.9. The molecule has 0 atom stereocenters. The van der Waals surface area contributed by atoms with Crippen LogP contribution in [0, 0.1) is 10.1 Å². The van der Waals surface area contributed by atoms with Crippen LogP contribution in [-0.4, -0.2) is 46.7 Å². The van der Waals surface area contributed by atoms with Gasteiger partial charge in [0, 0.05) is 47.3 Å². The molecule has 0 aromatic heterocycles. The van der Waals surface area contributed by atoms with Crippen molar-refractivity contribution in [3.8, 4) is 0 Å². The van der Waals surface area contributed by atoms with E-state index in [1.54, 1.807) is 24.3 Å². The van der Waals surface area contributed by atoms with Crippen molar-refractivity contribution in [2.45, 2.75) is 12.8 Å². The minimum atomic E-state index is -0.654. The summed E-state index contributed by atoms with van der Waals surface area (Å²) in [6.07, 6.45) is 0.0894. The van der Waals surface area contributed by atoms with E-state index in [-0.39, 0.29) is 25.1 Å². The molecule has 0 saturated carbocycles. The van der Waals surface area contributed by atoms with Gasteiger partial charge in [0.05, 0.1) is 4.92 Å². The standard InChI is InChI=1S/C24H19N3O7/c28-20(25-16-9-11-17(12-10-16)27(32)33)14-34-21(29)8-3-13-26-23(30)18-6-1-4-15-5-2-7-19(22(15)18)24(26)31/h1-2,4-7,9-12H,3,8,13-14H2,(H,25,28). The quantitative estimate of drug-likeness (QED) is 0.235. The summed E-state index contributed by atoms with van der Waals surface area (Å²) in [6, 6.07) is 15.7. The first-order valence-corrected chi connectivity index (χ1v) is 10.4. The Morgan fingerprint density at radius 2 is 1.56 bits per heavy atom. The van der Waals surface area contributed by atoms with Crippen LogP contribution >= 0.6 is 0 Å². The van der Waals surface area contributed by atoms with Crippen molar-refractivity contribution in [3.05, 3.63) is 81.9 Å². The normalized spacial score (nSPS) is 12.5. The Morgan fingerprint density at radius 3 is 2.15 bits per heavy atom. The highest BCUT2D eigenvalue weighted by Gasteiger charge is 2.32. The molecule has 0 aliphatic carbocycles. The number of ether oxygens (including phenoxy) is 1. The van der Waals surface area contributed by atoms with Gasteiger partial charge in [-0.2, -0.15) is 0 Å². The molecule has 4 rings (SSSR count). The van der Waals surface area contributed by atoms with Crippen molar-refractivity contribution < 1.29 is 28.8 Å². The average Bonchev–Trinajstić information content (AvgIpc) is 2.83. The molecule has 3 aromatic rings. The van der Waals surface area contributed by atoms with Crippen LogP contribution < -0.4 is 5.32 Å². The van der Waals surface area contributed by atoms with Crippen molar-refractivity contribution in [1.29, 1.82) is 0 Å². The van der Waals surface area contributed by atoms with Crippen LogP contribution in [0.25, 0.3) is 10.8 Å². The molecule has 0 bridgehead atoms. The molecule has 0 saturated heterocycles. The van der Waals surface area contributed by atoms with E-state index in [4.69, 9.17) is 4.74 Å². The number of esters is 1. The van der Waals surface area contributed by atoms with Gasteiger partial charge in [0.15, 0.2) is 6.61 Å². The second kappa shape index (κ2) is 9.49. The lowest BCUT2D eigenvalue weighted by Gasteiger charge is -2.27. The minimum absolute atomic E-state index is 0.0342. The maximum Gasteiger partial charge on any atom is 0.306 e. The van der Waals surface area contributed by atoms with Gasteiger partial charge >= 0.3 is 5.97 Å². The molecule has 0 unspecified atom stereocenters. The summed E-state index contributed by atoms with van der Waals surface area (Å²) in [5.41, 5.74) is 1.09. The van der Waals surface area contributed by atoms with Crippen LogP contribution in [-0.2, 0) is 14.3 Å². The summed E-state index contributed by atoms with van der Waals surface area (Å²) < 4.78 is 4.94. The molecule has 3 aromatic carbocycles. The van der Waals surface area contributed by atoms with Gasteiger partial charge in [-0.15, -0.1) is 0 Å². The highest BCUT2D eigenvalue weighted by molar-refractivity contribution is 6.25. The first-order chi connectivity index (χ1) is 16.3. The molecule has 1 aliphatic rings. The number of nitrogens with zero attached hydrogens (tertiary/aromatic N) is 2. The van der Waals surface area contributed by atoms with Crippen LogP contribution in [0.3, 0.4) is 0 Å². The largest absolute Gasteiger partial charge is 0.456 e. The van der Waals surface area contributed by atoms with Gasteiger partial charge in [0.1, 0.15) is 0 Å². The molecule has 34 heavy (non-hydrogen) atoms. The molecule has 0 spiro atoms. The molecule has 1 heterocycles. The van der Waals surface area contributed by atoms with Crippen molar-refractivity contribution in [1.82, 2.24) is 4.90 Å². The number of imide groups is 1. The summed E-state index contributed by atoms with van der Waals surface area (Å²) >= 11 is 0. The van der Waals surface area contributed by atoms with Crippen molar-refractivity contribution >= 4 is 45.8 Å². The van der Waals surface area contributed by atoms with E-state index < -0.39 is 35.2 Å². The number of anilines is 1. The number of non-ortho nitro benzene ring substituents is 1. The lowest BCUT2D eigenvalue weighted by Crippen LogP contribution is -2.41. The summed E-state index contributed by atoms with van der Waals surface area (Å²) in [5, 5.41) is 14.6. The highest BCUT2D eigenvalue weighted by atomic mass is 16.6. The summed E-state index contributed by atoms with van der Waals surface area (Å²) in [4.78, 5) is 60.8. The summed E-state index contributed by atoms with van der Waals surface area (Å²) in [5.74, 6) is -2.08. The van der Waals surface area contributed by atoms with Crippen LogP contribution in [0.1, 0.15) is 33.6 Å². The number of carbonyl (C=O) groups excluding carboxylic acids is 4. The fraction of sp³-hybridized carbons (Fsp3) is 0.167. The maximum absolute atomic E-state index is 12.8. The number of hydrogen-bond acceptors (Lipinski definition) is 7. The first kappa shape index (κ1) is 22.6. The number of amides is 3. The van der Waals surface area contributed by atoms with Crippen LogP contribution in [0.2, 0.25) is 0 Å². The third kappa shape index (κ3) is 4.60. The van der Waals surface area contributed by atoms with Gasteiger partial charge in [-0.25, -0.2) is 0 Å². The average molecular weight is 461 g/mol. The zero-order valence-electron chi connectivity index (χ0n) is 17.9. The Labute approximate surface area is 193 Å². The monoisotopic (exact) mass is 461 g/mol. The summed E-state index contributed by atoms with van der Waals surface area (Å²) in [6.45, 7) is -0.501. The van der Waals surface area contributed by atoms with Crippen molar-refractivity contribution in [3.63, 3.8) is 0 Å². The lowest BCUT2D eigenvalue weighted by atomic mass is 9.94. The van der Waals surface area contributed by atoms with E-state index in [1.807, 2.05) is 12.1 Å². The number of benzene rings is 3. The van der Waals surface area contributed by atoms with E-state index >= 15 is 0 Å². The molecular weight excluding hydrogens is 442 g/mol. The Morgan fingerprint density at radius 1 is 0.941 bits per heavy atom. The fourth-order valence-electron chi connectivity index (χ4n) is 3.75. The predicted molar refractivity (Wildman–Crippen MR) is 121 cm³/mol. The highest BCUT2D eigenvalue weighted by Crippen LogP contribution is 2.30. The van der Waals surface area contributed by atoms with Crippen LogP contribution in [0.4, 0.5) is 11.4 Å². The number of nitrogens with one attached hydrogen (secondary N) is 1. The van der Waals surface area contributed by atoms with Gasteiger partial charge in [0.2, 0.25) is 0 Å². The predicted octanol–water partition coefficient (Wildman–Crippen LogP) is 3.31. The van der Waals surface area contributed by atoms with Gasteiger partial charge in [-0.1, -0.05) is 24.3 Å². The molecule has 10 nitrogen and oxygen atoms in total. The van der Waals surface area contributed by atoms with Gasteiger partial charge < -0.3 is 10.1 Å². The Balaban J connectivity index is 1.26. The topological polar surface area (TPSA) is 136 Å². The summed E-state index contributed by atoms with van der Waals surface area (Å²) in [7, 11) is 0. The Hall–Kier alpha value is -4.60. The third-order valence-electron chi connectivity index (χ3n) is 5.34. The van der Waals surface area contributed by atoms with Gasteiger partial charge in [-0.05, 0) is 36.1 Å². The van der Waals surface area contributed by atoms with Gasteiger partial charge in [0.25, 0.3) is 23.4 Å². The number of carbonyl (C=O) groups is 4. The smallest absolute Gasteiger partial charge is 0.306 e. The molecule has 3 amide bonds. The lowest BCUT2D eigenvalue weighted by molar-refractivity contribution is -0.384. The molecule has 1 N–H and O–H groups in total. The molecule has 10 heteroatoms. The third-order valence-corrected chi connectivity index (χ3v) is 5.34. The molecule has 0 radical (unpaired) electrons. The SMILES string of the molecule is O=C(COC(=O)CCCN1C(=O)c2cccc3cccc(c23)C1=O)Nc1ccc([N+](=O)[O-])cc1. The van der Waals surface area contributed by atoms with Crippen LogP contribution in [0.15, 0.2) is 60.7 Å². The maximum atomic E-state index is 12.8. The zero-order chi connectivity index (χ0) is 24.2. The number of nitro groups is 1. The Bertz CT molecular complexity index is 1270. The van der Waals surface area contributed by atoms with E-state index in [2.05, 4.69) is 5.32 Å². The molecule has 0 fully saturated rings. The molecule has 172 valence electrons.